The van der Waals surface area contributed by atoms with E-state index in [1.165, 1.54) is 12.1 Å². The molecular formula is C17H19BrFNO. The molecule has 0 fully saturated rings. The van der Waals surface area contributed by atoms with Crippen LogP contribution in [0.4, 0.5) is 4.39 Å². The Hall–Kier alpha value is -1.39. The Kier molecular flexibility index (Phi) is 5.76. The highest BCUT2D eigenvalue weighted by molar-refractivity contribution is 9.10. The third kappa shape index (κ3) is 5.14. The van der Waals surface area contributed by atoms with Crippen molar-refractivity contribution in [2.45, 2.75) is 33.0 Å². The first kappa shape index (κ1) is 16.0. The van der Waals surface area contributed by atoms with Crippen molar-refractivity contribution in [3.63, 3.8) is 0 Å². The number of halogens is 2. The molecule has 2 aromatic carbocycles. The van der Waals surface area contributed by atoms with Crippen LogP contribution < -0.4 is 10.1 Å². The summed E-state index contributed by atoms with van der Waals surface area (Å²) < 4.78 is 20.0. The summed E-state index contributed by atoms with van der Waals surface area (Å²) in [6, 6.07) is 12.8. The number of ether oxygens (including phenoxy) is 1. The summed E-state index contributed by atoms with van der Waals surface area (Å²) in [4.78, 5) is 0. The molecule has 0 aliphatic rings. The number of hydrogen-bond donors (Lipinski definition) is 1. The van der Waals surface area contributed by atoms with Gasteiger partial charge in [0.05, 0.1) is 0 Å². The van der Waals surface area contributed by atoms with Crippen LogP contribution in [0, 0.1) is 5.82 Å². The standard InChI is InChI=1S/C17H19BrFNO/c1-12(2)20-10-14-9-15(18)6-7-17(14)21-11-13-4-3-5-16(19)8-13/h3-9,12,20H,10-11H2,1-2H3. The number of hydrogen-bond acceptors (Lipinski definition) is 2. The molecular weight excluding hydrogens is 333 g/mol. The maximum atomic E-state index is 13.2. The van der Waals surface area contributed by atoms with E-state index in [9.17, 15) is 4.39 Å². The molecule has 0 unspecified atom stereocenters. The molecule has 0 saturated carbocycles. The first-order valence-electron chi connectivity index (χ1n) is 6.93. The maximum absolute atomic E-state index is 13.2. The minimum atomic E-state index is -0.242. The zero-order chi connectivity index (χ0) is 15.2. The van der Waals surface area contributed by atoms with Crippen molar-refractivity contribution in [3.05, 3.63) is 63.9 Å². The number of benzene rings is 2. The second-order valence-corrected chi connectivity index (χ2v) is 6.12. The van der Waals surface area contributed by atoms with Crippen LogP contribution in [0.3, 0.4) is 0 Å². The molecule has 0 atom stereocenters. The SMILES string of the molecule is CC(C)NCc1cc(Br)ccc1OCc1cccc(F)c1. The molecule has 0 spiro atoms. The molecule has 2 rings (SSSR count). The van der Waals surface area contributed by atoms with Crippen LogP contribution in [0.2, 0.25) is 0 Å². The minimum Gasteiger partial charge on any atom is -0.489 e. The lowest BCUT2D eigenvalue weighted by molar-refractivity contribution is 0.301. The lowest BCUT2D eigenvalue weighted by Gasteiger charge is -2.14. The van der Waals surface area contributed by atoms with Gasteiger partial charge in [-0.25, -0.2) is 4.39 Å². The fourth-order valence-electron chi connectivity index (χ4n) is 1.93. The Morgan fingerprint density at radius 1 is 1.19 bits per heavy atom. The number of rotatable bonds is 6. The highest BCUT2D eigenvalue weighted by Gasteiger charge is 2.06. The van der Waals surface area contributed by atoms with Gasteiger partial charge in [0.1, 0.15) is 18.2 Å². The first-order valence-corrected chi connectivity index (χ1v) is 7.73. The van der Waals surface area contributed by atoms with Crippen LogP contribution >= 0.6 is 15.9 Å². The summed E-state index contributed by atoms with van der Waals surface area (Å²) in [6.45, 7) is 5.29. The van der Waals surface area contributed by atoms with Crippen LogP contribution in [0.5, 0.6) is 5.75 Å². The fourth-order valence-corrected chi connectivity index (χ4v) is 2.34. The van der Waals surface area contributed by atoms with Gasteiger partial charge in [-0.1, -0.05) is 41.9 Å². The summed E-state index contributed by atoms with van der Waals surface area (Å²) in [7, 11) is 0. The van der Waals surface area contributed by atoms with Crippen LogP contribution in [0.1, 0.15) is 25.0 Å². The fraction of sp³-hybridized carbons (Fsp3) is 0.294. The van der Waals surface area contributed by atoms with E-state index in [2.05, 4.69) is 35.1 Å². The van der Waals surface area contributed by atoms with Gasteiger partial charge in [0.25, 0.3) is 0 Å². The molecule has 2 aromatic rings. The molecule has 0 aliphatic heterocycles. The third-order valence-corrected chi connectivity index (χ3v) is 3.50. The van der Waals surface area contributed by atoms with E-state index in [-0.39, 0.29) is 5.82 Å². The van der Waals surface area contributed by atoms with E-state index in [1.807, 2.05) is 24.3 Å². The van der Waals surface area contributed by atoms with Crippen LogP contribution in [0.25, 0.3) is 0 Å². The van der Waals surface area contributed by atoms with Gasteiger partial charge in [-0.2, -0.15) is 0 Å². The molecule has 4 heteroatoms. The Morgan fingerprint density at radius 3 is 2.71 bits per heavy atom. The van der Waals surface area contributed by atoms with E-state index in [0.29, 0.717) is 12.6 Å². The van der Waals surface area contributed by atoms with Gasteiger partial charge in [0.15, 0.2) is 0 Å². The van der Waals surface area contributed by atoms with Crippen LogP contribution in [-0.2, 0) is 13.2 Å². The highest BCUT2D eigenvalue weighted by atomic mass is 79.9. The van der Waals surface area contributed by atoms with Gasteiger partial charge < -0.3 is 10.1 Å². The van der Waals surface area contributed by atoms with Crippen molar-refractivity contribution >= 4 is 15.9 Å². The molecule has 2 nitrogen and oxygen atoms in total. The topological polar surface area (TPSA) is 21.3 Å². The Balaban J connectivity index is 2.08. The average Bonchev–Trinajstić information content (AvgIpc) is 2.44. The van der Waals surface area contributed by atoms with Gasteiger partial charge in [0, 0.05) is 22.6 Å². The average molecular weight is 352 g/mol. The predicted octanol–water partition coefficient (Wildman–Crippen LogP) is 4.67. The molecule has 112 valence electrons. The second kappa shape index (κ2) is 7.57. The van der Waals surface area contributed by atoms with Crippen molar-refractivity contribution in [1.82, 2.24) is 5.32 Å². The zero-order valence-electron chi connectivity index (χ0n) is 12.2. The molecule has 0 saturated heterocycles. The second-order valence-electron chi connectivity index (χ2n) is 5.21. The molecule has 0 amide bonds. The van der Waals surface area contributed by atoms with Gasteiger partial charge in [-0.15, -0.1) is 0 Å². The van der Waals surface area contributed by atoms with E-state index in [1.54, 1.807) is 6.07 Å². The largest absolute Gasteiger partial charge is 0.489 e. The summed E-state index contributed by atoms with van der Waals surface area (Å²) in [5, 5.41) is 3.38. The van der Waals surface area contributed by atoms with Gasteiger partial charge in [0.2, 0.25) is 0 Å². The van der Waals surface area contributed by atoms with E-state index < -0.39 is 0 Å². The quantitative estimate of drug-likeness (QED) is 0.816. The van der Waals surface area contributed by atoms with Crippen molar-refractivity contribution in [3.8, 4) is 5.75 Å². The molecule has 0 bridgehead atoms. The van der Waals surface area contributed by atoms with Gasteiger partial charge >= 0.3 is 0 Å². The summed E-state index contributed by atoms with van der Waals surface area (Å²) in [5.74, 6) is 0.573. The van der Waals surface area contributed by atoms with Crippen molar-refractivity contribution in [2.24, 2.45) is 0 Å². The minimum absolute atomic E-state index is 0.242. The Morgan fingerprint density at radius 2 is 2.00 bits per heavy atom. The molecule has 1 N–H and O–H groups in total. The molecule has 0 aliphatic carbocycles. The highest BCUT2D eigenvalue weighted by Crippen LogP contribution is 2.24. The molecule has 0 aromatic heterocycles. The molecule has 0 heterocycles. The van der Waals surface area contributed by atoms with Crippen molar-refractivity contribution in [2.75, 3.05) is 0 Å². The molecule has 0 radical (unpaired) electrons. The van der Waals surface area contributed by atoms with Crippen molar-refractivity contribution < 1.29 is 9.13 Å². The maximum Gasteiger partial charge on any atom is 0.124 e. The van der Waals surface area contributed by atoms with E-state index in [4.69, 9.17) is 4.74 Å². The lowest BCUT2D eigenvalue weighted by Crippen LogP contribution is -2.22. The smallest absolute Gasteiger partial charge is 0.124 e. The van der Waals surface area contributed by atoms with Crippen LogP contribution in [0.15, 0.2) is 46.9 Å². The lowest BCUT2D eigenvalue weighted by atomic mass is 10.2. The summed E-state index contributed by atoms with van der Waals surface area (Å²) >= 11 is 3.48. The number of nitrogens with one attached hydrogen (secondary N) is 1. The Labute approximate surface area is 133 Å². The monoisotopic (exact) mass is 351 g/mol. The van der Waals surface area contributed by atoms with E-state index in [0.717, 1.165) is 27.9 Å². The predicted molar refractivity (Wildman–Crippen MR) is 86.8 cm³/mol. The van der Waals surface area contributed by atoms with Crippen molar-refractivity contribution in [1.29, 1.82) is 0 Å². The summed E-state index contributed by atoms with van der Waals surface area (Å²) in [6.07, 6.45) is 0. The van der Waals surface area contributed by atoms with Crippen LogP contribution in [-0.4, -0.2) is 6.04 Å². The third-order valence-electron chi connectivity index (χ3n) is 3.01. The van der Waals surface area contributed by atoms with Gasteiger partial charge in [-0.05, 0) is 35.9 Å². The Bertz CT molecular complexity index is 601. The zero-order valence-corrected chi connectivity index (χ0v) is 13.8. The van der Waals surface area contributed by atoms with Gasteiger partial charge in [-0.3, -0.25) is 0 Å². The van der Waals surface area contributed by atoms with E-state index >= 15 is 0 Å². The first-order chi connectivity index (χ1) is 10.0. The summed E-state index contributed by atoms with van der Waals surface area (Å²) in [5.41, 5.74) is 1.90. The normalized spacial score (nSPS) is 10.9. The molecule has 21 heavy (non-hydrogen) atoms.